The van der Waals surface area contributed by atoms with E-state index in [4.69, 9.17) is 4.74 Å². The molecule has 2 aromatic carbocycles. The van der Waals surface area contributed by atoms with E-state index in [0.29, 0.717) is 25.9 Å². The SMILES string of the molecule is CCn1c(C)cc(-c2ccc([C@H](C)N3CCC(CC(C)(C)O)(c4ccccc4)OC3=O)cc2)cc1=O. The third-order valence-electron chi connectivity index (χ3n) is 7.14. The van der Waals surface area contributed by atoms with Crippen molar-refractivity contribution in [2.24, 2.45) is 0 Å². The monoisotopic (exact) mass is 488 g/mol. The molecule has 190 valence electrons. The number of benzene rings is 2. The van der Waals surface area contributed by atoms with Crippen molar-refractivity contribution in [2.75, 3.05) is 6.54 Å². The fraction of sp³-hybridized carbons (Fsp3) is 0.400. The molecule has 1 aliphatic rings. The van der Waals surface area contributed by atoms with Crippen LogP contribution in [0.1, 0.15) is 63.4 Å². The summed E-state index contributed by atoms with van der Waals surface area (Å²) < 4.78 is 7.87. The maximum Gasteiger partial charge on any atom is 0.411 e. The van der Waals surface area contributed by atoms with Crippen LogP contribution in [0.5, 0.6) is 0 Å². The summed E-state index contributed by atoms with van der Waals surface area (Å²) >= 11 is 0. The number of carbonyl (C=O) groups is 1. The van der Waals surface area contributed by atoms with E-state index in [0.717, 1.165) is 27.9 Å². The summed E-state index contributed by atoms with van der Waals surface area (Å²) in [6.45, 7) is 10.6. The van der Waals surface area contributed by atoms with Crippen LogP contribution >= 0.6 is 0 Å². The molecule has 1 amide bonds. The first-order valence-electron chi connectivity index (χ1n) is 12.6. The summed E-state index contributed by atoms with van der Waals surface area (Å²) in [5, 5.41) is 10.6. The number of rotatable bonds is 7. The van der Waals surface area contributed by atoms with Gasteiger partial charge in [-0.05, 0) is 62.9 Å². The average Bonchev–Trinajstić information content (AvgIpc) is 2.83. The van der Waals surface area contributed by atoms with E-state index in [1.54, 1.807) is 29.4 Å². The molecule has 1 N–H and O–H groups in total. The van der Waals surface area contributed by atoms with Crippen LogP contribution in [0.4, 0.5) is 4.79 Å². The number of nitrogens with zero attached hydrogens (tertiary/aromatic N) is 2. The van der Waals surface area contributed by atoms with Crippen LogP contribution in [0.15, 0.2) is 71.5 Å². The van der Waals surface area contributed by atoms with E-state index >= 15 is 0 Å². The molecule has 3 aromatic rings. The van der Waals surface area contributed by atoms with Gasteiger partial charge in [-0.2, -0.15) is 0 Å². The summed E-state index contributed by atoms with van der Waals surface area (Å²) in [5.41, 5.74) is 2.81. The van der Waals surface area contributed by atoms with Gasteiger partial charge in [0, 0.05) is 37.7 Å². The Hall–Kier alpha value is -3.38. The molecule has 6 nitrogen and oxygen atoms in total. The Balaban J connectivity index is 1.54. The number of amides is 1. The third-order valence-corrected chi connectivity index (χ3v) is 7.14. The lowest BCUT2D eigenvalue weighted by Crippen LogP contribution is -2.51. The summed E-state index contributed by atoms with van der Waals surface area (Å²) in [6.07, 6.45) is 0.523. The number of hydrogen-bond donors (Lipinski definition) is 1. The standard InChI is InChI=1S/C30H36N2O4/c1-6-31-21(2)18-25(19-27(31)33)24-14-12-23(13-15-24)22(3)32-17-16-30(36-28(32)34,20-29(4,5)35)26-10-8-7-9-11-26/h7-15,18-19,22,35H,6,16-17,20H2,1-5H3/t22-,30?/m0/s1. The van der Waals surface area contributed by atoms with Crippen molar-refractivity contribution in [2.45, 2.75) is 71.2 Å². The molecule has 2 atom stereocenters. The van der Waals surface area contributed by atoms with Crippen molar-refractivity contribution in [1.82, 2.24) is 9.47 Å². The van der Waals surface area contributed by atoms with E-state index < -0.39 is 11.2 Å². The molecule has 0 bridgehead atoms. The lowest BCUT2D eigenvalue weighted by molar-refractivity contribution is -0.101. The highest BCUT2D eigenvalue weighted by Crippen LogP contribution is 2.42. The average molecular weight is 489 g/mol. The lowest BCUT2D eigenvalue weighted by atomic mass is 9.80. The molecule has 1 aromatic heterocycles. The third kappa shape index (κ3) is 5.24. The van der Waals surface area contributed by atoms with Gasteiger partial charge in [-0.3, -0.25) is 4.79 Å². The van der Waals surface area contributed by atoms with Crippen LogP contribution in [0.25, 0.3) is 11.1 Å². The second-order valence-electron chi connectivity index (χ2n) is 10.4. The molecule has 6 heteroatoms. The fourth-order valence-electron chi connectivity index (χ4n) is 5.33. The van der Waals surface area contributed by atoms with Crippen molar-refractivity contribution in [3.05, 3.63) is 93.9 Å². The van der Waals surface area contributed by atoms with E-state index in [1.807, 2.05) is 81.4 Å². The molecule has 36 heavy (non-hydrogen) atoms. The number of cyclic esters (lactones) is 1. The predicted molar refractivity (Wildman–Crippen MR) is 142 cm³/mol. The molecule has 1 unspecified atom stereocenters. The first kappa shape index (κ1) is 25.7. The molecule has 4 rings (SSSR count). The second-order valence-corrected chi connectivity index (χ2v) is 10.4. The van der Waals surface area contributed by atoms with Crippen LogP contribution in [-0.2, 0) is 16.9 Å². The smallest absolute Gasteiger partial charge is 0.411 e. The predicted octanol–water partition coefficient (Wildman–Crippen LogP) is 5.80. The number of carbonyl (C=O) groups excluding carboxylic acids is 1. The largest absolute Gasteiger partial charge is 0.438 e. The van der Waals surface area contributed by atoms with Gasteiger partial charge in [0.05, 0.1) is 11.6 Å². The van der Waals surface area contributed by atoms with Gasteiger partial charge in [0.25, 0.3) is 5.56 Å². The van der Waals surface area contributed by atoms with Crippen molar-refractivity contribution < 1.29 is 14.6 Å². The van der Waals surface area contributed by atoms with Crippen LogP contribution in [0.2, 0.25) is 0 Å². The minimum Gasteiger partial charge on any atom is -0.438 e. The zero-order valence-electron chi connectivity index (χ0n) is 21.8. The number of aliphatic hydroxyl groups is 1. The Bertz CT molecular complexity index is 1280. The summed E-state index contributed by atoms with van der Waals surface area (Å²) in [7, 11) is 0. The fourth-order valence-corrected chi connectivity index (χ4v) is 5.33. The Morgan fingerprint density at radius 1 is 1.03 bits per heavy atom. The van der Waals surface area contributed by atoms with E-state index in [2.05, 4.69) is 0 Å². The van der Waals surface area contributed by atoms with Crippen LogP contribution in [-0.4, -0.2) is 32.8 Å². The molecule has 1 aliphatic heterocycles. The molecular weight excluding hydrogens is 452 g/mol. The molecule has 0 saturated carbocycles. The number of aryl methyl sites for hydroxylation is 1. The van der Waals surface area contributed by atoms with Gasteiger partial charge >= 0.3 is 6.09 Å². The Kier molecular flexibility index (Phi) is 7.10. The molecule has 0 spiro atoms. The number of pyridine rings is 1. The highest BCUT2D eigenvalue weighted by Gasteiger charge is 2.46. The highest BCUT2D eigenvalue weighted by molar-refractivity contribution is 5.70. The first-order valence-corrected chi connectivity index (χ1v) is 12.6. The van der Waals surface area contributed by atoms with Gasteiger partial charge in [-0.1, -0.05) is 54.6 Å². The van der Waals surface area contributed by atoms with E-state index in [9.17, 15) is 14.7 Å². The Morgan fingerprint density at radius 3 is 2.25 bits per heavy atom. The van der Waals surface area contributed by atoms with Crippen molar-refractivity contribution in [1.29, 1.82) is 0 Å². The molecule has 1 fully saturated rings. The maximum absolute atomic E-state index is 13.3. The molecule has 1 saturated heterocycles. The van der Waals surface area contributed by atoms with E-state index in [-0.39, 0.29) is 17.7 Å². The van der Waals surface area contributed by atoms with Crippen LogP contribution < -0.4 is 5.56 Å². The first-order chi connectivity index (χ1) is 17.0. The van der Waals surface area contributed by atoms with Crippen LogP contribution in [0.3, 0.4) is 0 Å². The van der Waals surface area contributed by atoms with Crippen LogP contribution in [0, 0.1) is 6.92 Å². The van der Waals surface area contributed by atoms with Gasteiger partial charge in [0.15, 0.2) is 0 Å². The lowest BCUT2D eigenvalue weighted by Gasteiger charge is -2.45. The molecule has 0 radical (unpaired) electrons. The summed E-state index contributed by atoms with van der Waals surface area (Å²) in [5.74, 6) is 0. The molecule has 2 heterocycles. The van der Waals surface area contributed by atoms with Gasteiger partial charge in [-0.15, -0.1) is 0 Å². The van der Waals surface area contributed by atoms with Gasteiger partial charge < -0.3 is 19.3 Å². The van der Waals surface area contributed by atoms with Crippen molar-refractivity contribution >= 4 is 6.09 Å². The normalized spacial score (nSPS) is 19.2. The minimum absolute atomic E-state index is 0.00559. The minimum atomic E-state index is -0.990. The van der Waals surface area contributed by atoms with Crippen molar-refractivity contribution in [3.63, 3.8) is 0 Å². The quantitative estimate of drug-likeness (QED) is 0.456. The molecule has 0 aliphatic carbocycles. The Morgan fingerprint density at radius 2 is 1.69 bits per heavy atom. The second kappa shape index (κ2) is 9.94. The van der Waals surface area contributed by atoms with Gasteiger partial charge in [0.2, 0.25) is 0 Å². The zero-order valence-corrected chi connectivity index (χ0v) is 21.8. The zero-order chi connectivity index (χ0) is 26.1. The van der Waals surface area contributed by atoms with Crippen molar-refractivity contribution in [3.8, 4) is 11.1 Å². The Labute approximate surface area is 213 Å². The van der Waals surface area contributed by atoms with Gasteiger partial charge in [-0.25, -0.2) is 4.79 Å². The topological polar surface area (TPSA) is 71.8 Å². The molecular formula is C30H36N2O4. The summed E-state index contributed by atoms with van der Waals surface area (Å²) in [6, 6.07) is 21.2. The number of ether oxygens (including phenoxy) is 1. The maximum atomic E-state index is 13.3. The number of aromatic nitrogens is 1. The van der Waals surface area contributed by atoms with Gasteiger partial charge in [0.1, 0.15) is 5.60 Å². The summed E-state index contributed by atoms with van der Waals surface area (Å²) in [4.78, 5) is 27.4. The highest BCUT2D eigenvalue weighted by atomic mass is 16.6. The number of hydrogen-bond acceptors (Lipinski definition) is 4. The van der Waals surface area contributed by atoms with E-state index in [1.165, 1.54) is 0 Å².